The van der Waals surface area contributed by atoms with Crippen molar-refractivity contribution in [3.05, 3.63) is 69.5 Å². The molecular weight excluding hydrogens is 354 g/mol. The van der Waals surface area contributed by atoms with Gasteiger partial charge in [-0.05, 0) is 35.9 Å². The third-order valence-electron chi connectivity index (χ3n) is 4.54. The van der Waals surface area contributed by atoms with E-state index in [0.717, 1.165) is 5.56 Å². The maximum absolute atomic E-state index is 13.2. The Labute approximate surface area is 160 Å². The highest BCUT2D eigenvalue weighted by molar-refractivity contribution is 5.83. The SMILES string of the molecule is CN(C)c1nnc2n(Cc3ccc(C#N)cc3)c(=O)c3cc(C#N)ccc3n12. The number of rotatable bonds is 3. The van der Waals surface area contributed by atoms with Gasteiger partial charge in [-0.1, -0.05) is 12.1 Å². The molecule has 28 heavy (non-hydrogen) atoms. The van der Waals surface area contributed by atoms with Gasteiger partial charge in [-0.15, -0.1) is 10.2 Å². The van der Waals surface area contributed by atoms with Gasteiger partial charge in [-0.3, -0.25) is 9.36 Å². The van der Waals surface area contributed by atoms with Crippen molar-refractivity contribution in [2.75, 3.05) is 19.0 Å². The van der Waals surface area contributed by atoms with Gasteiger partial charge in [0.15, 0.2) is 0 Å². The third-order valence-corrected chi connectivity index (χ3v) is 4.54. The zero-order valence-corrected chi connectivity index (χ0v) is 15.3. The summed E-state index contributed by atoms with van der Waals surface area (Å²) in [6.45, 7) is 0.270. The lowest BCUT2D eigenvalue weighted by molar-refractivity contribution is 0.766. The monoisotopic (exact) mass is 369 g/mol. The van der Waals surface area contributed by atoms with Crippen molar-refractivity contribution >= 4 is 22.6 Å². The molecule has 4 aromatic rings. The van der Waals surface area contributed by atoms with Gasteiger partial charge in [-0.25, -0.2) is 4.40 Å². The topological polar surface area (TPSA) is 103 Å². The predicted molar refractivity (Wildman–Crippen MR) is 104 cm³/mol. The van der Waals surface area contributed by atoms with Crippen LogP contribution in [0.5, 0.6) is 0 Å². The van der Waals surface area contributed by atoms with E-state index in [1.54, 1.807) is 42.5 Å². The molecule has 0 N–H and O–H groups in total. The minimum Gasteiger partial charge on any atom is -0.347 e. The number of hydrogen-bond acceptors (Lipinski definition) is 6. The van der Waals surface area contributed by atoms with Crippen LogP contribution >= 0.6 is 0 Å². The molecule has 0 aliphatic rings. The quantitative estimate of drug-likeness (QED) is 0.546. The molecule has 0 spiro atoms. The summed E-state index contributed by atoms with van der Waals surface area (Å²) < 4.78 is 3.34. The van der Waals surface area contributed by atoms with Crippen molar-refractivity contribution in [1.82, 2.24) is 19.2 Å². The molecule has 0 radical (unpaired) electrons. The summed E-state index contributed by atoms with van der Waals surface area (Å²) in [6.07, 6.45) is 0. The summed E-state index contributed by atoms with van der Waals surface area (Å²) in [4.78, 5) is 15.0. The van der Waals surface area contributed by atoms with E-state index in [1.807, 2.05) is 23.4 Å². The maximum Gasteiger partial charge on any atom is 0.263 e. The van der Waals surface area contributed by atoms with Gasteiger partial charge in [0, 0.05) is 14.1 Å². The fourth-order valence-electron chi connectivity index (χ4n) is 3.17. The highest BCUT2D eigenvalue weighted by Crippen LogP contribution is 2.20. The predicted octanol–water partition coefficient (Wildman–Crippen LogP) is 1.90. The van der Waals surface area contributed by atoms with Crippen LogP contribution in [0.4, 0.5) is 5.95 Å². The van der Waals surface area contributed by atoms with Crippen molar-refractivity contribution < 1.29 is 0 Å². The first-order chi connectivity index (χ1) is 13.5. The molecule has 136 valence electrons. The van der Waals surface area contributed by atoms with Crippen LogP contribution in [-0.4, -0.2) is 33.3 Å². The van der Waals surface area contributed by atoms with Crippen LogP contribution in [0.2, 0.25) is 0 Å². The van der Waals surface area contributed by atoms with Gasteiger partial charge >= 0.3 is 0 Å². The first kappa shape index (κ1) is 17.3. The van der Waals surface area contributed by atoms with Crippen molar-refractivity contribution in [2.24, 2.45) is 0 Å². The molecule has 0 saturated heterocycles. The van der Waals surface area contributed by atoms with Crippen LogP contribution in [0.15, 0.2) is 47.3 Å². The molecule has 0 unspecified atom stereocenters. The van der Waals surface area contributed by atoms with Gasteiger partial charge in [-0.2, -0.15) is 10.5 Å². The van der Waals surface area contributed by atoms with Crippen LogP contribution in [-0.2, 0) is 6.54 Å². The summed E-state index contributed by atoms with van der Waals surface area (Å²) >= 11 is 0. The van der Waals surface area contributed by atoms with Gasteiger partial charge in [0.25, 0.3) is 5.56 Å². The Hall–Kier alpha value is -4.17. The summed E-state index contributed by atoms with van der Waals surface area (Å²) in [5.41, 5.74) is 2.21. The van der Waals surface area contributed by atoms with Gasteiger partial charge < -0.3 is 4.90 Å². The average molecular weight is 369 g/mol. The molecule has 0 aliphatic carbocycles. The van der Waals surface area contributed by atoms with Crippen LogP contribution in [0.1, 0.15) is 16.7 Å². The normalized spacial score (nSPS) is 10.7. The largest absolute Gasteiger partial charge is 0.347 e. The molecule has 8 heteroatoms. The van der Waals surface area contributed by atoms with Crippen LogP contribution in [0.3, 0.4) is 0 Å². The van der Waals surface area contributed by atoms with Crippen molar-refractivity contribution in [1.29, 1.82) is 10.5 Å². The smallest absolute Gasteiger partial charge is 0.263 e. The van der Waals surface area contributed by atoms with E-state index in [-0.39, 0.29) is 12.1 Å². The summed E-state index contributed by atoms with van der Waals surface area (Å²) in [6, 6.07) is 16.2. The Morgan fingerprint density at radius 3 is 2.32 bits per heavy atom. The molecule has 0 saturated carbocycles. The summed E-state index contributed by atoms with van der Waals surface area (Å²) in [5.74, 6) is 0.994. The lowest BCUT2D eigenvalue weighted by Crippen LogP contribution is -2.25. The molecule has 2 aromatic heterocycles. The Morgan fingerprint density at radius 2 is 1.68 bits per heavy atom. The Morgan fingerprint density at radius 1 is 1.00 bits per heavy atom. The molecule has 0 amide bonds. The number of nitrogens with zero attached hydrogens (tertiary/aromatic N) is 7. The average Bonchev–Trinajstić information content (AvgIpc) is 3.16. The number of aromatic nitrogens is 4. The van der Waals surface area contributed by atoms with Crippen molar-refractivity contribution in [2.45, 2.75) is 6.54 Å². The molecular formula is C20H15N7O. The number of benzene rings is 2. The molecule has 0 aliphatic heterocycles. The van der Waals surface area contributed by atoms with Gasteiger partial charge in [0.1, 0.15) is 0 Å². The lowest BCUT2D eigenvalue weighted by Gasteiger charge is -2.14. The highest BCUT2D eigenvalue weighted by atomic mass is 16.1. The molecule has 0 bridgehead atoms. The van der Waals surface area contributed by atoms with E-state index in [2.05, 4.69) is 22.3 Å². The third kappa shape index (κ3) is 2.65. The van der Waals surface area contributed by atoms with Gasteiger partial charge in [0.2, 0.25) is 11.7 Å². The highest BCUT2D eigenvalue weighted by Gasteiger charge is 2.18. The second kappa shape index (κ2) is 6.53. The Balaban J connectivity index is 2.03. The molecule has 0 atom stereocenters. The summed E-state index contributed by atoms with van der Waals surface area (Å²) in [7, 11) is 3.70. The fourth-order valence-corrected chi connectivity index (χ4v) is 3.17. The minimum absolute atomic E-state index is 0.248. The number of anilines is 1. The second-order valence-electron chi connectivity index (χ2n) is 6.57. The van der Waals surface area contributed by atoms with Crippen molar-refractivity contribution in [3.8, 4) is 12.1 Å². The van der Waals surface area contributed by atoms with Crippen LogP contribution in [0, 0.1) is 22.7 Å². The molecule has 0 fully saturated rings. The van der Waals surface area contributed by atoms with E-state index in [0.29, 0.717) is 33.8 Å². The van der Waals surface area contributed by atoms with Crippen LogP contribution < -0.4 is 10.5 Å². The molecule has 4 rings (SSSR count). The van der Waals surface area contributed by atoms with Crippen molar-refractivity contribution in [3.63, 3.8) is 0 Å². The zero-order valence-electron chi connectivity index (χ0n) is 15.3. The lowest BCUT2D eigenvalue weighted by atomic mass is 10.1. The molecule has 2 heterocycles. The first-order valence-corrected chi connectivity index (χ1v) is 8.51. The summed E-state index contributed by atoms with van der Waals surface area (Å²) in [5, 5.41) is 27.1. The van der Waals surface area contributed by atoms with E-state index in [1.165, 1.54) is 4.57 Å². The van der Waals surface area contributed by atoms with Crippen LogP contribution in [0.25, 0.3) is 16.7 Å². The Kier molecular flexibility index (Phi) is 4.02. The molecule has 8 nitrogen and oxygen atoms in total. The zero-order chi connectivity index (χ0) is 19.8. The minimum atomic E-state index is -0.248. The fraction of sp³-hybridized carbons (Fsp3) is 0.150. The van der Waals surface area contributed by atoms with E-state index in [4.69, 9.17) is 5.26 Å². The number of hydrogen-bond donors (Lipinski definition) is 0. The second-order valence-corrected chi connectivity index (χ2v) is 6.57. The van der Waals surface area contributed by atoms with E-state index >= 15 is 0 Å². The maximum atomic E-state index is 13.2. The molecule has 2 aromatic carbocycles. The first-order valence-electron chi connectivity index (χ1n) is 8.51. The standard InChI is InChI=1S/C20H15N7O/c1-25(2)19-23-24-20-26(12-14-5-3-13(10-21)4-6-14)18(28)16-9-15(11-22)7-8-17(16)27(19)20/h3-9H,12H2,1-2H3. The van der Waals surface area contributed by atoms with E-state index in [9.17, 15) is 10.1 Å². The number of nitriles is 2. The Bertz CT molecular complexity index is 1350. The van der Waals surface area contributed by atoms with E-state index < -0.39 is 0 Å². The van der Waals surface area contributed by atoms with Gasteiger partial charge in [0.05, 0.1) is 40.7 Å². The number of fused-ring (bicyclic) bond motifs is 3.